The van der Waals surface area contributed by atoms with Crippen molar-refractivity contribution in [3.05, 3.63) is 35.4 Å². The fraction of sp³-hybridized carbons (Fsp3) is 0.467. The zero-order chi connectivity index (χ0) is 16.3. The first-order chi connectivity index (χ1) is 9.58. The Kier molecular flexibility index (Phi) is 5.04. The summed E-state index contributed by atoms with van der Waals surface area (Å²) in [5.41, 5.74) is -1.08. The van der Waals surface area contributed by atoms with E-state index < -0.39 is 29.0 Å². The van der Waals surface area contributed by atoms with Gasteiger partial charge in [0.05, 0.1) is 12.2 Å². The van der Waals surface area contributed by atoms with Crippen molar-refractivity contribution in [1.82, 2.24) is 0 Å². The molecule has 0 atom stereocenters. The summed E-state index contributed by atoms with van der Waals surface area (Å²) in [6, 6.07) is 4.40. The molecule has 4 nitrogen and oxygen atoms in total. The first kappa shape index (κ1) is 17.1. The quantitative estimate of drug-likeness (QED) is 0.801. The third kappa shape index (κ3) is 4.51. The van der Waals surface area contributed by atoms with Gasteiger partial charge in [-0.3, -0.25) is 0 Å². The molecule has 0 saturated carbocycles. The van der Waals surface area contributed by atoms with Gasteiger partial charge in [0.2, 0.25) is 0 Å². The lowest BCUT2D eigenvalue weighted by Crippen LogP contribution is -2.28. The smallest absolute Gasteiger partial charge is 0.381 e. The van der Waals surface area contributed by atoms with Crippen LogP contribution in [0.2, 0.25) is 0 Å². The van der Waals surface area contributed by atoms with Crippen molar-refractivity contribution >= 4 is 11.9 Å². The maximum absolute atomic E-state index is 13.7. The highest BCUT2D eigenvalue weighted by molar-refractivity contribution is 5.90. The molecule has 0 radical (unpaired) electrons. The molecule has 21 heavy (non-hydrogen) atoms. The summed E-state index contributed by atoms with van der Waals surface area (Å²) < 4.78 is 36.9. The Morgan fingerprint density at radius 2 is 1.62 bits per heavy atom. The Hall–Kier alpha value is -1.98. The average molecular weight is 300 g/mol. The van der Waals surface area contributed by atoms with Crippen molar-refractivity contribution in [3.63, 3.8) is 0 Å². The maximum Gasteiger partial charge on any atom is 0.381 e. The second-order valence-electron chi connectivity index (χ2n) is 5.37. The van der Waals surface area contributed by atoms with Gasteiger partial charge in [0.1, 0.15) is 5.60 Å². The van der Waals surface area contributed by atoms with Crippen LogP contribution in [0.5, 0.6) is 0 Å². The van der Waals surface area contributed by atoms with Crippen LogP contribution in [0.4, 0.5) is 8.78 Å². The molecule has 0 unspecified atom stereocenters. The summed E-state index contributed by atoms with van der Waals surface area (Å²) in [4.78, 5) is 23.0. The van der Waals surface area contributed by atoms with Crippen LogP contribution in [0.25, 0.3) is 0 Å². The highest BCUT2D eigenvalue weighted by atomic mass is 19.3. The third-order valence-electron chi connectivity index (χ3n) is 2.41. The van der Waals surface area contributed by atoms with E-state index in [9.17, 15) is 18.4 Å². The van der Waals surface area contributed by atoms with Gasteiger partial charge in [-0.25, -0.2) is 9.59 Å². The molecule has 116 valence electrons. The Morgan fingerprint density at radius 1 is 1.10 bits per heavy atom. The zero-order valence-corrected chi connectivity index (χ0v) is 12.4. The number of carbonyl (C=O) groups excluding carboxylic acids is 2. The van der Waals surface area contributed by atoms with E-state index >= 15 is 0 Å². The molecule has 0 bridgehead atoms. The number of alkyl halides is 2. The zero-order valence-electron chi connectivity index (χ0n) is 12.4. The minimum atomic E-state index is -3.75. The minimum Gasteiger partial charge on any atom is -0.461 e. The molecular formula is C15H18F2O4. The van der Waals surface area contributed by atoms with Gasteiger partial charge in [0.25, 0.3) is 0 Å². The number of benzene rings is 1. The molecule has 6 heteroatoms. The topological polar surface area (TPSA) is 52.6 Å². The second-order valence-corrected chi connectivity index (χ2v) is 5.37. The van der Waals surface area contributed by atoms with E-state index in [1.54, 1.807) is 20.8 Å². The van der Waals surface area contributed by atoms with Gasteiger partial charge in [-0.15, -0.1) is 0 Å². The molecule has 0 aliphatic heterocycles. The van der Waals surface area contributed by atoms with Gasteiger partial charge in [-0.05, 0) is 39.8 Å². The van der Waals surface area contributed by atoms with Crippen molar-refractivity contribution in [1.29, 1.82) is 0 Å². The van der Waals surface area contributed by atoms with Gasteiger partial charge in [-0.1, -0.05) is 12.1 Å². The molecule has 1 rings (SSSR count). The van der Waals surface area contributed by atoms with Crippen LogP contribution in [0, 0.1) is 0 Å². The minimum absolute atomic E-state index is 0.133. The van der Waals surface area contributed by atoms with Crippen molar-refractivity contribution in [2.75, 3.05) is 6.61 Å². The molecule has 0 aromatic heterocycles. The van der Waals surface area contributed by atoms with E-state index in [2.05, 4.69) is 4.74 Å². The first-order valence-electron chi connectivity index (χ1n) is 6.47. The molecule has 0 N–H and O–H groups in total. The highest BCUT2D eigenvalue weighted by Gasteiger charge is 2.42. The van der Waals surface area contributed by atoms with Gasteiger partial charge in [-0.2, -0.15) is 8.78 Å². The molecule has 0 aliphatic rings. The summed E-state index contributed by atoms with van der Waals surface area (Å²) in [7, 11) is 0. The fourth-order valence-electron chi connectivity index (χ4n) is 1.49. The van der Waals surface area contributed by atoms with Gasteiger partial charge >= 0.3 is 17.9 Å². The second kappa shape index (κ2) is 6.20. The van der Waals surface area contributed by atoms with E-state index in [1.807, 2.05) is 0 Å². The van der Waals surface area contributed by atoms with Gasteiger partial charge in [0, 0.05) is 5.56 Å². The normalized spacial score (nSPS) is 11.9. The number of halogens is 2. The summed E-state index contributed by atoms with van der Waals surface area (Å²) in [5, 5.41) is 0. The Morgan fingerprint density at radius 3 is 2.05 bits per heavy atom. The average Bonchev–Trinajstić information content (AvgIpc) is 2.37. The fourth-order valence-corrected chi connectivity index (χ4v) is 1.49. The molecule has 0 heterocycles. The summed E-state index contributed by atoms with van der Waals surface area (Å²) in [5.74, 6) is -5.98. The van der Waals surface area contributed by atoms with Crippen LogP contribution in [-0.2, 0) is 20.2 Å². The standard InChI is InChI=1S/C15H18F2O4/c1-5-20-13(19)15(16,17)11-8-6-10(7-9-11)12(18)21-14(2,3)4/h6-9H,5H2,1-4H3. The lowest BCUT2D eigenvalue weighted by Gasteiger charge is -2.20. The number of hydrogen-bond donors (Lipinski definition) is 0. The molecular weight excluding hydrogens is 282 g/mol. The van der Waals surface area contributed by atoms with E-state index in [4.69, 9.17) is 4.74 Å². The third-order valence-corrected chi connectivity index (χ3v) is 2.41. The first-order valence-corrected chi connectivity index (χ1v) is 6.47. The summed E-state index contributed by atoms with van der Waals surface area (Å²) in [6.45, 7) is 6.42. The molecule has 0 saturated heterocycles. The molecule has 1 aromatic carbocycles. The highest BCUT2D eigenvalue weighted by Crippen LogP contribution is 2.29. The number of carbonyl (C=O) groups is 2. The predicted octanol–water partition coefficient (Wildman–Crippen LogP) is 3.30. The van der Waals surface area contributed by atoms with Crippen LogP contribution < -0.4 is 0 Å². The number of hydrogen-bond acceptors (Lipinski definition) is 4. The monoisotopic (exact) mass is 300 g/mol. The van der Waals surface area contributed by atoms with Crippen LogP contribution in [0.15, 0.2) is 24.3 Å². The number of ether oxygens (including phenoxy) is 2. The van der Waals surface area contributed by atoms with Gasteiger partial charge in [0.15, 0.2) is 0 Å². The molecule has 1 aromatic rings. The van der Waals surface area contributed by atoms with Gasteiger partial charge < -0.3 is 9.47 Å². The van der Waals surface area contributed by atoms with E-state index in [0.717, 1.165) is 12.1 Å². The summed E-state index contributed by atoms with van der Waals surface area (Å²) in [6.07, 6.45) is 0. The van der Waals surface area contributed by atoms with Crippen LogP contribution in [0.3, 0.4) is 0 Å². The van der Waals surface area contributed by atoms with Crippen molar-refractivity contribution in [2.24, 2.45) is 0 Å². The van der Waals surface area contributed by atoms with Crippen molar-refractivity contribution < 1.29 is 27.8 Å². The number of esters is 2. The lowest BCUT2D eigenvalue weighted by molar-refractivity contribution is -0.173. The Balaban J connectivity index is 2.92. The summed E-state index contributed by atoms with van der Waals surface area (Å²) >= 11 is 0. The SMILES string of the molecule is CCOC(=O)C(F)(F)c1ccc(C(=O)OC(C)(C)C)cc1. The van der Waals surface area contributed by atoms with E-state index in [0.29, 0.717) is 0 Å². The molecule has 0 amide bonds. The van der Waals surface area contributed by atoms with Crippen LogP contribution in [0.1, 0.15) is 43.6 Å². The van der Waals surface area contributed by atoms with E-state index in [1.165, 1.54) is 19.1 Å². The van der Waals surface area contributed by atoms with Crippen molar-refractivity contribution in [3.8, 4) is 0 Å². The Labute approximate surface area is 122 Å². The lowest BCUT2D eigenvalue weighted by atomic mass is 10.1. The molecule has 0 aliphatic carbocycles. The van der Waals surface area contributed by atoms with Crippen LogP contribution >= 0.6 is 0 Å². The Bertz CT molecular complexity index is 515. The maximum atomic E-state index is 13.7. The van der Waals surface area contributed by atoms with Crippen molar-refractivity contribution in [2.45, 2.75) is 39.2 Å². The molecule has 0 fully saturated rings. The van der Waals surface area contributed by atoms with E-state index in [-0.39, 0.29) is 12.2 Å². The molecule has 0 spiro atoms. The van der Waals surface area contributed by atoms with Crippen LogP contribution in [-0.4, -0.2) is 24.1 Å². The predicted molar refractivity (Wildman–Crippen MR) is 72.1 cm³/mol. The largest absolute Gasteiger partial charge is 0.461 e. The number of rotatable bonds is 4.